The smallest absolute Gasteiger partial charge is 0.151 e. The molecule has 0 bridgehead atoms. The van der Waals surface area contributed by atoms with Crippen LogP contribution in [0.1, 0.15) is 38.8 Å². The molecule has 1 N–H and O–H groups in total. The lowest BCUT2D eigenvalue weighted by Gasteiger charge is -2.32. The molecule has 0 aliphatic carbocycles. The summed E-state index contributed by atoms with van der Waals surface area (Å²) in [5.74, 6) is 0.962. The fourth-order valence-corrected chi connectivity index (χ4v) is 2.81. The summed E-state index contributed by atoms with van der Waals surface area (Å²) in [6, 6.07) is 4.06. The van der Waals surface area contributed by atoms with Crippen LogP contribution < -0.4 is 4.90 Å². The van der Waals surface area contributed by atoms with E-state index < -0.39 is 5.60 Å². The van der Waals surface area contributed by atoms with Crippen molar-refractivity contribution >= 4 is 5.82 Å². The first-order valence-electron chi connectivity index (χ1n) is 8.06. The third-order valence-corrected chi connectivity index (χ3v) is 4.53. The number of β-amino-alcohol motifs (C(OH)–C–C–N with tert-alkyl or cyclic N) is 1. The van der Waals surface area contributed by atoms with E-state index in [9.17, 15) is 5.11 Å². The van der Waals surface area contributed by atoms with Gasteiger partial charge in [-0.1, -0.05) is 13.8 Å². The van der Waals surface area contributed by atoms with Crippen molar-refractivity contribution in [3.8, 4) is 0 Å². The van der Waals surface area contributed by atoms with Gasteiger partial charge in [-0.3, -0.25) is 4.90 Å². The van der Waals surface area contributed by atoms with Gasteiger partial charge in [0.25, 0.3) is 0 Å². The largest absolute Gasteiger partial charge is 0.389 e. The van der Waals surface area contributed by atoms with E-state index in [2.05, 4.69) is 33.8 Å². The monoisotopic (exact) mass is 292 g/mol. The van der Waals surface area contributed by atoms with Gasteiger partial charge in [0, 0.05) is 32.7 Å². The Morgan fingerprint density at radius 2 is 1.86 bits per heavy atom. The Balaban J connectivity index is 1.94. The first-order valence-corrected chi connectivity index (χ1v) is 8.06. The Kier molecular flexibility index (Phi) is 5.53. The molecule has 0 unspecified atom stereocenters. The van der Waals surface area contributed by atoms with Crippen LogP contribution in [0.3, 0.4) is 0 Å². The number of hydrogen-bond donors (Lipinski definition) is 1. The average molecular weight is 292 g/mol. The highest BCUT2D eigenvalue weighted by atomic mass is 16.3. The zero-order valence-electron chi connectivity index (χ0n) is 13.5. The molecule has 0 saturated carbocycles. The van der Waals surface area contributed by atoms with Crippen LogP contribution in [-0.4, -0.2) is 58.5 Å². The van der Waals surface area contributed by atoms with Crippen molar-refractivity contribution in [1.29, 1.82) is 0 Å². The molecule has 1 aliphatic rings. The highest BCUT2D eigenvalue weighted by Gasteiger charge is 2.27. The van der Waals surface area contributed by atoms with Gasteiger partial charge < -0.3 is 10.0 Å². The van der Waals surface area contributed by atoms with E-state index in [0.717, 1.165) is 63.5 Å². The number of nitrogens with zero attached hydrogens (tertiary/aromatic N) is 4. The summed E-state index contributed by atoms with van der Waals surface area (Å²) >= 11 is 0. The fourth-order valence-electron chi connectivity index (χ4n) is 2.81. The predicted octanol–water partition coefficient (Wildman–Crippen LogP) is 1.85. The molecule has 1 aliphatic heterocycles. The van der Waals surface area contributed by atoms with Gasteiger partial charge in [-0.2, -0.15) is 5.10 Å². The second-order valence-corrected chi connectivity index (χ2v) is 6.08. The Hall–Kier alpha value is -1.20. The van der Waals surface area contributed by atoms with Crippen LogP contribution in [0, 0.1) is 6.92 Å². The van der Waals surface area contributed by atoms with Gasteiger partial charge in [-0.05, 0) is 38.3 Å². The molecule has 1 fully saturated rings. The molecule has 5 nitrogen and oxygen atoms in total. The molecule has 1 saturated heterocycles. The zero-order valence-corrected chi connectivity index (χ0v) is 13.5. The van der Waals surface area contributed by atoms with Crippen LogP contribution in [0.4, 0.5) is 5.82 Å². The minimum Gasteiger partial charge on any atom is -0.389 e. The maximum atomic E-state index is 10.5. The summed E-state index contributed by atoms with van der Waals surface area (Å²) < 4.78 is 0. The van der Waals surface area contributed by atoms with Crippen LogP contribution in [0.25, 0.3) is 0 Å². The van der Waals surface area contributed by atoms with Crippen LogP contribution in [0.5, 0.6) is 0 Å². The van der Waals surface area contributed by atoms with Crippen molar-refractivity contribution in [2.45, 2.75) is 45.6 Å². The molecule has 1 aromatic heterocycles. The molecular formula is C16H28N4O. The molecule has 21 heavy (non-hydrogen) atoms. The second-order valence-electron chi connectivity index (χ2n) is 6.08. The third-order valence-electron chi connectivity index (χ3n) is 4.53. The topological polar surface area (TPSA) is 52.5 Å². The summed E-state index contributed by atoms with van der Waals surface area (Å²) in [6.45, 7) is 10.8. The third kappa shape index (κ3) is 4.38. The molecule has 0 amide bonds. The van der Waals surface area contributed by atoms with E-state index in [1.807, 2.05) is 19.1 Å². The van der Waals surface area contributed by atoms with Crippen molar-refractivity contribution in [1.82, 2.24) is 15.1 Å². The quantitative estimate of drug-likeness (QED) is 0.897. The number of aliphatic hydroxyl groups is 1. The lowest BCUT2D eigenvalue weighted by molar-refractivity contribution is -0.00168. The van der Waals surface area contributed by atoms with Gasteiger partial charge in [0.2, 0.25) is 0 Å². The molecule has 5 heteroatoms. The molecule has 118 valence electrons. The lowest BCUT2D eigenvalue weighted by atomic mass is 9.97. The number of aromatic nitrogens is 2. The van der Waals surface area contributed by atoms with Crippen molar-refractivity contribution in [3.63, 3.8) is 0 Å². The van der Waals surface area contributed by atoms with Gasteiger partial charge in [0.1, 0.15) is 0 Å². The Morgan fingerprint density at radius 3 is 2.48 bits per heavy atom. The molecule has 0 atom stereocenters. The van der Waals surface area contributed by atoms with Crippen LogP contribution in [-0.2, 0) is 0 Å². The van der Waals surface area contributed by atoms with Crippen molar-refractivity contribution < 1.29 is 5.11 Å². The van der Waals surface area contributed by atoms with E-state index in [-0.39, 0.29) is 0 Å². The number of aryl methyl sites for hydroxylation is 1. The maximum Gasteiger partial charge on any atom is 0.151 e. The van der Waals surface area contributed by atoms with Crippen molar-refractivity contribution in [2.75, 3.05) is 37.6 Å². The van der Waals surface area contributed by atoms with E-state index in [4.69, 9.17) is 0 Å². The van der Waals surface area contributed by atoms with Crippen LogP contribution >= 0.6 is 0 Å². The van der Waals surface area contributed by atoms with Gasteiger partial charge in [0.15, 0.2) is 5.82 Å². The fraction of sp³-hybridized carbons (Fsp3) is 0.750. The second kappa shape index (κ2) is 7.18. The highest BCUT2D eigenvalue weighted by Crippen LogP contribution is 2.19. The summed E-state index contributed by atoms with van der Waals surface area (Å²) in [5, 5.41) is 18.9. The number of rotatable bonds is 5. The van der Waals surface area contributed by atoms with Crippen molar-refractivity contribution in [2.24, 2.45) is 0 Å². The molecular weight excluding hydrogens is 264 g/mol. The Labute approximate surface area is 128 Å². The minimum absolute atomic E-state index is 0.543. The number of hydrogen-bond acceptors (Lipinski definition) is 5. The molecule has 0 radical (unpaired) electrons. The highest BCUT2D eigenvalue weighted by molar-refractivity contribution is 5.37. The first kappa shape index (κ1) is 16.2. The molecule has 0 aromatic carbocycles. The SMILES string of the molecule is CCC(O)(CC)CN1CCCN(c2ccc(C)nn2)CC1. The van der Waals surface area contributed by atoms with Gasteiger partial charge in [-0.15, -0.1) is 5.10 Å². The summed E-state index contributed by atoms with van der Waals surface area (Å²) in [6.07, 6.45) is 2.72. The van der Waals surface area contributed by atoms with Gasteiger partial charge in [-0.25, -0.2) is 0 Å². The summed E-state index contributed by atoms with van der Waals surface area (Å²) in [4.78, 5) is 4.68. The van der Waals surface area contributed by atoms with Gasteiger partial charge in [0.05, 0.1) is 11.3 Å². The standard InChI is InChI=1S/C16H28N4O/c1-4-16(21,5-2)13-19-9-6-10-20(12-11-19)15-8-7-14(3)17-18-15/h7-8,21H,4-6,9-13H2,1-3H3. The Morgan fingerprint density at radius 1 is 1.10 bits per heavy atom. The van der Waals surface area contributed by atoms with Crippen LogP contribution in [0.2, 0.25) is 0 Å². The minimum atomic E-state index is -0.543. The van der Waals surface area contributed by atoms with E-state index in [0.29, 0.717) is 0 Å². The summed E-state index contributed by atoms with van der Waals surface area (Å²) in [5.41, 5.74) is 0.407. The van der Waals surface area contributed by atoms with E-state index in [1.54, 1.807) is 0 Å². The van der Waals surface area contributed by atoms with Crippen molar-refractivity contribution in [3.05, 3.63) is 17.8 Å². The predicted molar refractivity (Wildman–Crippen MR) is 85.6 cm³/mol. The summed E-state index contributed by atoms with van der Waals surface area (Å²) in [7, 11) is 0. The zero-order chi connectivity index (χ0) is 15.3. The molecule has 2 rings (SSSR count). The van der Waals surface area contributed by atoms with E-state index in [1.165, 1.54) is 0 Å². The maximum absolute atomic E-state index is 10.5. The lowest BCUT2D eigenvalue weighted by Crippen LogP contribution is -2.43. The normalized spacial score (nSPS) is 17.8. The molecule has 0 spiro atoms. The first-order chi connectivity index (χ1) is 10.1. The van der Waals surface area contributed by atoms with Crippen LogP contribution in [0.15, 0.2) is 12.1 Å². The molecule has 2 heterocycles. The van der Waals surface area contributed by atoms with Gasteiger partial charge >= 0.3 is 0 Å². The number of anilines is 1. The Bertz CT molecular complexity index is 430. The molecule has 1 aromatic rings. The van der Waals surface area contributed by atoms with E-state index >= 15 is 0 Å². The average Bonchev–Trinajstić information content (AvgIpc) is 2.73.